The van der Waals surface area contributed by atoms with Gasteiger partial charge in [0, 0.05) is 17.7 Å². The molecule has 0 N–H and O–H groups in total. The molecule has 0 saturated heterocycles. The summed E-state index contributed by atoms with van der Waals surface area (Å²) in [5.41, 5.74) is 0.412. The maximum absolute atomic E-state index is 5.80. The molecule has 1 aromatic carbocycles. The average Bonchev–Trinajstić information content (AvgIpc) is 2.12. The summed E-state index contributed by atoms with van der Waals surface area (Å²) in [5, 5.41) is 9.47. The molecule has 0 aliphatic heterocycles. The van der Waals surface area contributed by atoms with Gasteiger partial charge in [0.2, 0.25) is 0 Å². The zero-order valence-corrected chi connectivity index (χ0v) is 6.92. The van der Waals surface area contributed by atoms with Crippen molar-refractivity contribution in [2.24, 2.45) is 0 Å². The van der Waals surface area contributed by atoms with Crippen LogP contribution in [0.1, 0.15) is 5.69 Å². The number of fused-ring (bicyclic) bond motifs is 1. The fourth-order valence-corrected chi connectivity index (χ4v) is 1.29. The lowest BCUT2D eigenvalue weighted by molar-refractivity contribution is 1.03. The summed E-state index contributed by atoms with van der Waals surface area (Å²) in [6.07, 6.45) is 0. The van der Waals surface area contributed by atoms with Crippen molar-refractivity contribution >= 4 is 22.4 Å². The van der Waals surface area contributed by atoms with E-state index in [1.54, 1.807) is 0 Å². The normalized spacial score (nSPS) is 10.5. The number of nitrogens with zero attached hydrogens (tertiary/aromatic N) is 2. The van der Waals surface area contributed by atoms with E-state index in [0.29, 0.717) is 10.8 Å². The third-order valence-electron chi connectivity index (χ3n) is 1.67. The number of hydrogen-bond donors (Lipinski definition) is 0. The van der Waals surface area contributed by atoms with Crippen LogP contribution in [0, 0.1) is 6.92 Å². The van der Waals surface area contributed by atoms with Crippen molar-refractivity contribution in [2.75, 3.05) is 0 Å². The predicted molar refractivity (Wildman–Crippen MR) is 48.0 cm³/mol. The molecule has 0 aliphatic carbocycles. The quantitative estimate of drug-likeness (QED) is 0.616. The molecule has 1 heterocycles. The Bertz CT molecular complexity index is 385. The lowest BCUT2D eigenvalue weighted by Crippen LogP contribution is -1.89. The second-order valence-electron chi connectivity index (χ2n) is 2.42. The minimum Gasteiger partial charge on any atom is -0.153 e. The van der Waals surface area contributed by atoms with E-state index < -0.39 is 0 Å². The monoisotopic (exact) mass is 176 g/mol. The van der Waals surface area contributed by atoms with Crippen LogP contribution in [0.25, 0.3) is 10.8 Å². The first-order chi connectivity index (χ1) is 5.79. The van der Waals surface area contributed by atoms with Gasteiger partial charge in [0.15, 0.2) is 5.15 Å². The Hall–Kier alpha value is -1.15. The summed E-state index contributed by atoms with van der Waals surface area (Å²) in [6, 6.07) is 7.50. The van der Waals surface area contributed by atoms with Crippen molar-refractivity contribution in [1.29, 1.82) is 0 Å². The Morgan fingerprint density at radius 1 is 1.08 bits per heavy atom. The number of halogens is 1. The van der Waals surface area contributed by atoms with Crippen LogP contribution in [0.2, 0.25) is 5.15 Å². The van der Waals surface area contributed by atoms with E-state index >= 15 is 0 Å². The fourth-order valence-electron chi connectivity index (χ4n) is 1.09. The summed E-state index contributed by atoms with van der Waals surface area (Å²) >= 11 is 5.80. The third kappa shape index (κ3) is 1.04. The maximum Gasteiger partial charge on any atom is 0.159 e. The summed E-state index contributed by atoms with van der Waals surface area (Å²) in [7, 11) is 0. The van der Waals surface area contributed by atoms with Crippen molar-refractivity contribution in [3.05, 3.63) is 42.0 Å². The minimum atomic E-state index is 0.389. The molecule has 2 rings (SSSR count). The molecule has 0 aliphatic rings. The predicted octanol–water partition coefficient (Wildman–Crippen LogP) is 2.34. The molecule has 0 fully saturated rings. The van der Waals surface area contributed by atoms with Gasteiger partial charge in [-0.1, -0.05) is 35.9 Å². The van der Waals surface area contributed by atoms with Crippen molar-refractivity contribution in [3.63, 3.8) is 0 Å². The zero-order valence-electron chi connectivity index (χ0n) is 6.16. The Morgan fingerprint density at radius 3 is 2.42 bits per heavy atom. The van der Waals surface area contributed by atoms with Gasteiger partial charge in [-0.25, -0.2) is 0 Å². The number of rotatable bonds is 0. The van der Waals surface area contributed by atoms with Gasteiger partial charge in [0.25, 0.3) is 0 Å². The molecule has 3 heteroatoms. The van der Waals surface area contributed by atoms with Crippen LogP contribution >= 0.6 is 11.6 Å². The molecule has 0 saturated carbocycles. The van der Waals surface area contributed by atoms with Crippen LogP contribution in [0.4, 0.5) is 0 Å². The highest BCUT2D eigenvalue weighted by Gasteiger charge is 2.02. The molecule has 0 amide bonds. The van der Waals surface area contributed by atoms with E-state index in [1.165, 1.54) is 0 Å². The average molecular weight is 177 g/mol. The molecule has 2 nitrogen and oxygen atoms in total. The summed E-state index contributed by atoms with van der Waals surface area (Å²) in [5.74, 6) is 0. The van der Waals surface area contributed by atoms with Crippen LogP contribution in [-0.2, 0) is 0 Å². The molecule has 0 unspecified atom stereocenters. The number of hydrogen-bond acceptors (Lipinski definition) is 2. The van der Waals surface area contributed by atoms with Crippen molar-refractivity contribution in [3.8, 4) is 0 Å². The molecule has 1 aromatic heterocycles. The zero-order chi connectivity index (χ0) is 8.55. The number of benzene rings is 1. The first-order valence-electron chi connectivity index (χ1n) is 3.45. The highest BCUT2D eigenvalue weighted by atomic mass is 35.5. The summed E-state index contributed by atoms with van der Waals surface area (Å²) in [6.45, 7) is 5.59. The molecule has 2 radical (unpaired) electrons. The van der Waals surface area contributed by atoms with E-state index in [4.69, 9.17) is 18.5 Å². The second kappa shape index (κ2) is 2.72. The van der Waals surface area contributed by atoms with Crippen LogP contribution in [-0.4, -0.2) is 10.2 Å². The molecule has 12 heavy (non-hydrogen) atoms. The van der Waals surface area contributed by atoms with Gasteiger partial charge in [-0.2, -0.15) is 5.10 Å². The summed E-state index contributed by atoms with van der Waals surface area (Å²) < 4.78 is 0. The van der Waals surface area contributed by atoms with E-state index in [0.717, 1.165) is 10.8 Å². The Kier molecular flexibility index (Phi) is 1.70. The smallest absolute Gasteiger partial charge is 0.153 e. The molecule has 58 valence electrons. The largest absolute Gasteiger partial charge is 0.159 e. The SMILES string of the molecule is [CH]c1nnc(Cl)c2ccccc12. The van der Waals surface area contributed by atoms with Crippen LogP contribution in [0.15, 0.2) is 24.3 Å². The van der Waals surface area contributed by atoms with Gasteiger partial charge >= 0.3 is 0 Å². The highest BCUT2D eigenvalue weighted by Crippen LogP contribution is 2.21. The molecule has 0 atom stereocenters. The van der Waals surface area contributed by atoms with Gasteiger partial charge in [-0.05, 0) is 0 Å². The van der Waals surface area contributed by atoms with Gasteiger partial charge in [0.1, 0.15) is 0 Å². The maximum atomic E-state index is 5.80. The fraction of sp³-hybridized carbons (Fsp3) is 0. The molecule has 2 aromatic rings. The minimum absolute atomic E-state index is 0.389. The molecular formula is C9H5ClN2. The Labute approximate surface area is 75.2 Å². The molecule has 0 spiro atoms. The Morgan fingerprint density at radius 2 is 1.75 bits per heavy atom. The lowest BCUT2D eigenvalue weighted by atomic mass is 10.1. The third-order valence-corrected chi connectivity index (χ3v) is 1.95. The van der Waals surface area contributed by atoms with Crippen molar-refractivity contribution < 1.29 is 0 Å². The molecular weight excluding hydrogens is 172 g/mol. The van der Waals surface area contributed by atoms with E-state index in [1.807, 2.05) is 24.3 Å². The van der Waals surface area contributed by atoms with Crippen LogP contribution in [0.3, 0.4) is 0 Å². The topological polar surface area (TPSA) is 25.8 Å². The van der Waals surface area contributed by atoms with Gasteiger partial charge < -0.3 is 0 Å². The van der Waals surface area contributed by atoms with Crippen molar-refractivity contribution in [1.82, 2.24) is 10.2 Å². The van der Waals surface area contributed by atoms with Gasteiger partial charge in [-0.3, -0.25) is 0 Å². The lowest BCUT2D eigenvalue weighted by Gasteiger charge is -1.99. The number of aromatic nitrogens is 2. The molecule has 0 bridgehead atoms. The van der Waals surface area contributed by atoms with Gasteiger partial charge in [-0.15, -0.1) is 5.10 Å². The second-order valence-corrected chi connectivity index (χ2v) is 2.78. The standard InChI is InChI=1S/C9H5ClN2/c1-6-7-4-2-3-5-8(7)9(10)12-11-6/h1-5H. The summed E-state index contributed by atoms with van der Waals surface area (Å²) in [4.78, 5) is 0. The van der Waals surface area contributed by atoms with E-state index in [2.05, 4.69) is 10.2 Å². The van der Waals surface area contributed by atoms with Crippen LogP contribution < -0.4 is 0 Å². The van der Waals surface area contributed by atoms with E-state index in [9.17, 15) is 0 Å². The van der Waals surface area contributed by atoms with Crippen molar-refractivity contribution in [2.45, 2.75) is 0 Å². The first-order valence-corrected chi connectivity index (χ1v) is 3.83. The first kappa shape index (κ1) is 7.50. The highest BCUT2D eigenvalue weighted by molar-refractivity contribution is 6.34. The van der Waals surface area contributed by atoms with Crippen LogP contribution in [0.5, 0.6) is 0 Å². The van der Waals surface area contributed by atoms with Gasteiger partial charge in [0.05, 0.1) is 5.69 Å². The Balaban J connectivity index is 2.95. The van der Waals surface area contributed by atoms with E-state index in [-0.39, 0.29) is 0 Å².